The molecule has 2 atom stereocenters. The van der Waals surface area contributed by atoms with Gasteiger partial charge in [0, 0.05) is 5.56 Å². The van der Waals surface area contributed by atoms with Crippen molar-refractivity contribution in [2.75, 3.05) is 0 Å². The molecule has 110 valence electrons. The third kappa shape index (κ3) is 4.07. The van der Waals surface area contributed by atoms with Crippen LogP contribution >= 0.6 is 0 Å². The number of aryl methyl sites for hydroxylation is 1. The lowest BCUT2D eigenvalue weighted by atomic mass is 9.92. The van der Waals surface area contributed by atoms with Crippen molar-refractivity contribution in [2.45, 2.75) is 64.0 Å². The molecule has 0 saturated heterocycles. The summed E-state index contributed by atoms with van der Waals surface area (Å²) in [5.74, 6) is -0.0713. The van der Waals surface area contributed by atoms with E-state index in [2.05, 4.69) is 12.2 Å². The van der Waals surface area contributed by atoms with Crippen LogP contribution in [0.5, 0.6) is 0 Å². The molecular weight excluding hydrogens is 250 g/mol. The number of hydrogen-bond acceptors (Lipinski definition) is 2. The summed E-state index contributed by atoms with van der Waals surface area (Å²) in [5, 5.41) is 12.8. The van der Waals surface area contributed by atoms with Gasteiger partial charge in [-0.05, 0) is 43.4 Å². The summed E-state index contributed by atoms with van der Waals surface area (Å²) in [7, 11) is 0. The Morgan fingerprint density at radius 2 is 1.95 bits per heavy atom. The minimum absolute atomic E-state index is 0.0713. The van der Waals surface area contributed by atoms with Crippen LogP contribution in [0.2, 0.25) is 0 Å². The van der Waals surface area contributed by atoms with Gasteiger partial charge in [-0.25, -0.2) is 0 Å². The minimum atomic E-state index is -0.392. The third-order valence-electron chi connectivity index (χ3n) is 4.08. The number of carbonyl (C=O) groups is 1. The highest BCUT2D eigenvalue weighted by atomic mass is 16.3. The second kappa shape index (κ2) is 7.44. The topological polar surface area (TPSA) is 49.3 Å². The third-order valence-corrected chi connectivity index (χ3v) is 4.08. The highest BCUT2D eigenvalue weighted by Crippen LogP contribution is 2.19. The molecule has 1 saturated carbocycles. The molecule has 2 unspecified atom stereocenters. The summed E-state index contributed by atoms with van der Waals surface area (Å²) in [6, 6.07) is 7.74. The predicted octanol–water partition coefficient (Wildman–Crippen LogP) is 3.06. The summed E-state index contributed by atoms with van der Waals surface area (Å²) >= 11 is 0. The Labute approximate surface area is 121 Å². The maximum Gasteiger partial charge on any atom is 0.251 e. The highest BCUT2D eigenvalue weighted by molar-refractivity contribution is 5.94. The zero-order chi connectivity index (χ0) is 14.4. The van der Waals surface area contributed by atoms with Gasteiger partial charge in [-0.3, -0.25) is 4.79 Å². The molecule has 0 aromatic heterocycles. The Balaban J connectivity index is 1.91. The van der Waals surface area contributed by atoms with Gasteiger partial charge in [-0.2, -0.15) is 0 Å². The van der Waals surface area contributed by atoms with E-state index in [4.69, 9.17) is 0 Å². The molecule has 0 spiro atoms. The molecule has 1 amide bonds. The van der Waals surface area contributed by atoms with Crippen molar-refractivity contribution in [3.8, 4) is 0 Å². The van der Waals surface area contributed by atoms with Gasteiger partial charge in [-0.1, -0.05) is 38.3 Å². The molecule has 1 aliphatic carbocycles. The van der Waals surface area contributed by atoms with Crippen molar-refractivity contribution in [1.82, 2.24) is 5.32 Å². The molecule has 2 rings (SSSR count). The van der Waals surface area contributed by atoms with Crippen LogP contribution in [-0.4, -0.2) is 23.2 Å². The van der Waals surface area contributed by atoms with Crippen molar-refractivity contribution in [1.29, 1.82) is 0 Å². The Kier molecular flexibility index (Phi) is 5.60. The fourth-order valence-electron chi connectivity index (χ4n) is 2.74. The van der Waals surface area contributed by atoms with Crippen molar-refractivity contribution >= 4 is 5.91 Å². The van der Waals surface area contributed by atoms with E-state index in [0.717, 1.165) is 32.1 Å². The lowest BCUT2D eigenvalue weighted by Crippen LogP contribution is -2.45. The van der Waals surface area contributed by atoms with Gasteiger partial charge < -0.3 is 10.4 Å². The summed E-state index contributed by atoms with van der Waals surface area (Å²) in [6.45, 7) is 2.18. The first kappa shape index (κ1) is 15.0. The molecule has 1 aromatic carbocycles. The molecule has 1 aliphatic rings. The molecule has 3 heteroatoms. The van der Waals surface area contributed by atoms with Crippen LogP contribution in [0.1, 0.15) is 61.4 Å². The number of amides is 1. The molecule has 3 nitrogen and oxygen atoms in total. The number of nitrogens with one attached hydrogen (secondary N) is 1. The molecule has 2 N–H and O–H groups in total. The lowest BCUT2D eigenvalue weighted by Gasteiger charge is -2.28. The van der Waals surface area contributed by atoms with Gasteiger partial charge in [0.25, 0.3) is 5.91 Å². The van der Waals surface area contributed by atoms with Crippen molar-refractivity contribution in [3.63, 3.8) is 0 Å². The molecule has 0 aliphatic heterocycles. The van der Waals surface area contributed by atoms with Crippen LogP contribution in [0.4, 0.5) is 0 Å². The van der Waals surface area contributed by atoms with E-state index in [1.807, 2.05) is 24.3 Å². The molecule has 0 heterocycles. The number of rotatable bonds is 5. The maximum atomic E-state index is 12.2. The second-order valence-corrected chi connectivity index (χ2v) is 5.73. The monoisotopic (exact) mass is 275 g/mol. The van der Waals surface area contributed by atoms with E-state index < -0.39 is 6.10 Å². The summed E-state index contributed by atoms with van der Waals surface area (Å²) in [6.07, 6.45) is 6.85. The average Bonchev–Trinajstić information content (AvgIpc) is 2.48. The quantitative estimate of drug-likeness (QED) is 0.867. The maximum absolute atomic E-state index is 12.2. The van der Waals surface area contributed by atoms with Crippen LogP contribution in [-0.2, 0) is 6.42 Å². The molecule has 0 bridgehead atoms. The molecule has 20 heavy (non-hydrogen) atoms. The smallest absolute Gasteiger partial charge is 0.251 e. The van der Waals surface area contributed by atoms with E-state index in [0.29, 0.717) is 5.56 Å². The number of benzene rings is 1. The highest BCUT2D eigenvalue weighted by Gasteiger charge is 2.24. The first-order valence-corrected chi connectivity index (χ1v) is 7.78. The first-order chi connectivity index (χ1) is 9.70. The number of aliphatic hydroxyl groups excluding tert-OH is 1. The number of unbranched alkanes of at least 4 members (excludes halogenated alkanes) is 1. The number of aliphatic hydroxyl groups is 1. The van der Waals surface area contributed by atoms with E-state index in [1.165, 1.54) is 18.4 Å². The Hall–Kier alpha value is -1.35. The molecule has 0 radical (unpaired) electrons. The Morgan fingerprint density at radius 1 is 1.25 bits per heavy atom. The second-order valence-electron chi connectivity index (χ2n) is 5.73. The van der Waals surface area contributed by atoms with Crippen LogP contribution in [0.3, 0.4) is 0 Å². The van der Waals surface area contributed by atoms with Gasteiger partial charge in [0.05, 0.1) is 12.1 Å². The fraction of sp³-hybridized carbons (Fsp3) is 0.588. The number of carbonyl (C=O) groups excluding carboxylic acids is 1. The average molecular weight is 275 g/mol. The Bertz CT molecular complexity index is 427. The van der Waals surface area contributed by atoms with Crippen LogP contribution in [0, 0.1) is 0 Å². The van der Waals surface area contributed by atoms with Gasteiger partial charge in [0.1, 0.15) is 0 Å². The summed E-state index contributed by atoms with van der Waals surface area (Å²) in [5.41, 5.74) is 1.96. The van der Waals surface area contributed by atoms with Crippen LogP contribution < -0.4 is 5.32 Å². The van der Waals surface area contributed by atoms with Crippen molar-refractivity contribution in [3.05, 3.63) is 35.4 Å². The SMILES string of the molecule is CCCCc1ccc(C(=O)NC2CCCCC2O)cc1. The van der Waals surface area contributed by atoms with Crippen molar-refractivity contribution in [2.24, 2.45) is 0 Å². The largest absolute Gasteiger partial charge is 0.391 e. The van der Waals surface area contributed by atoms with Crippen LogP contribution in [0.15, 0.2) is 24.3 Å². The normalized spacial score (nSPS) is 22.5. The number of hydrogen-bond donors (Lipinski definition) is 2. The van der Waals surface area contributed by atoms with Crippen molar-refractivity contribution < 1.29 is 9.90 Å². The van der Waals surface area contributed by atoms with E-state index in [1.54, 1.807) is 0 Å². The zero-order valence-corrected chi connectivity index (χ0v) is 12.3. The van der Waals surface area contributed by atoms with Gasteiger partial charge in [-0.15, -0.1) is 0 Å². The molecule has 1 fully saturated rings. The standard InChI is InChI=1S/C17H25NO2/c1-2-3-6-13-9-11-14(12-10-13)17(20)18-15-7-4-5-8-16(15)19/h9-12,15-16,19H,2-8H2,1H3,(H,18,20). The molecular formula is C17H25NO2. The summed E-state index contributed by atoms with van der Waals surface area (Å²) < 4.78 is 0. The first-order valence-electron chi connectivity index (χ1n) is 7.78. The Morgan fingerprint density at radius 3 is 2.60 bits per heavy atom. The fourth-order valence-corrected chi connectivity index (χ4v) is 2.74. The summed E-state index contributed by atoms with van der Waals surface area (Å²) in [4.78, 5) is 12.2. The van der Waals surface area contributed by atoms with E-state index in [-0.39, 0.29) is 11.9 Å². The minimum Gasteiger partial charge on any atom is -0.391 e. The van der Waals surface area contributed by atoms with Gasteiger partial charge in [0.2, 0.25) is 0 Å². The van der Waals surface area contributed by atoms with Gasteiger partial charge >= 0.3 is 0 Å². The molecule has 1 aromatic rings. The lowest BCUT2D eigenvalue weighted by molar-refractivity contribution is 0.0717. The van der Waals surface area contributed by atoms with E-state index in [9.17, 15) is 9.90 Å². The van der Waals surface area contributed by atoms with Gasteiger partial charge in [0.15, 0.2) is 0 Å². The predicted molar refractivity (Wildman–Crippen MR) is 80.8 cm³/mol. The van der Waals surface area contributed by atoms with E-state index >= 15 is 0 Å². The van der Waals surface area contributed by atoms with Crippen LogP contribution in [0.25, 0.3) is 0 Å². The zero-order valence-electron chi connectivity index (χ0n) is 12.3.